The lowest BCUT2D eigenvalue weighted by molar-refractivity contribution is -0.136. The summed E-state index contributed by atoms with van der Waals surface area (Å²) in [7, 11) is 1.42. The summed E-state index contributed by atoms with van der Waals surface area (Å²) >= 11 is 0. The van der Waals surface area contributed by atoms with Gasteiger partial charge in [0.1, 0.15) is 5.75 Å². The molecule has 2 amide bonds. The molecule has 6 heteroatoms. The van der Waals surface area contributed by atoms with E-state index in [0.717, 1.165) is 0 Å². The van der Waals surface area contributed by atoms with E-state index >= 15 is 0 Å². The molecule has 1 rings (SSSR count). The van der Waals surface area contributed by atoms with Crippen LogP contribution in [0.5, 0.6) is 5.75 Å². The van der Waals surface area contributed by atoms with E-state index in [1.807, 2.05) is 0 Å². The first-order valence-electron chi connectivity index (χ1n) is 4.48. The molecule has 0 spiro atoms. The molecular formula is C10H12N2O4. The zero-order chi connectivity index (χ0) is 12.1. The first-order chi connectivity index (χ1) is 7.54. The monoisotopic (exact) mass is 224 g/mol. The van der Waals surface area contributed by atoms with Crippen molar-refractivity contribution < 1.29 is 19.4 Å². The van der Waals surface area contributed by atoms with Crippen LogP contribution in [-0.2, 0) is 11.2 Å². The number of carbonyl (C=O) groups is 2. The maximum absolute atomic E-state index is 10.8. The number of nitrogens with one attached hydrogen (secondary N) is 1. The van der Waals surface area contributed by atoms with Crippen molar-refractivity contribution in [3.05, 3.63) is 23.8 Å². The van der Waals surface area contributed by atoms with Crippen molar-refractivity contribution in [3.8, 4) is 5.75 Å². The number of methoxy groups -OCH3 is 1. The van der Waals surface area contributed by atoms with Gasteiger partial charge in [0.25, 0.3) is 0 Å². The molecular weight excluding hydrogens is 212 g/mol. The minimum Gasteiger partial charge on any atom is -0.495 e. The number of benzene rings is 1. The van der Waals surface area contributed by atoms with Crippen LogP contribution in [0.1, 0.15) is 5.56 Å². The maximum Gasteiger partial charge on any atom is 0.316 e. The summed E-state index contributed by atoms with van der Waals surface area (Å²) in [5.74, 6) is -0.627. The third kappa shape index (κ3) is 2.88. The van der Waals surface area contributed by atoms with Crippen LogP contribution < -0.4 is 15.8 Å². The number of para-hydroxylation sites is 1. The van der Waals surface area contributed by atoms with Gasteiger partial charge >= 0.3 is 12.0 Å². The van der Waals surface area contributed by atoms with E-state index in [1.54, 1.807) is 18.2 Å². The van der Waals surface area contributed by atoms with E-state index in [2.05, 4.69) is 5.32 Å². The number of urea groups is 1. The Labute approximate surface area is 92.0 Å². The number of ether oxygens (including phenoxy) is 1. The van der Waals surface area contributed by atoms with Crippen molar-refractivity contribution >= 4 is 17.7 Å². The second-order valence-electron chi connectivity index (χ2n) is 3.05. The van der Waals surface area contributed by atoms with E-state index < -0.39 is 12.0 Å². The fraction of sp³-hybridized carbons (Fsp3) is 0.200. The molecule has 6 nitrogen and oxygen atoms in total. The lowest BCUT2D eigenvalue weighted by Gasteiger charge is -2.12. The Morgan fingerprint density at radius 2 is 2.19 bits per heavy atom. The van der Waals surface area contributed by atoms with E-state index in [1.165, 1.54) is 7.11 Å². The largest absolute Gasteiger partial charge is 0.495 e. The Balaban J connectivity index is 3.14. The second-order valence-corrected chi connectivity index (χ2v) is 3.05. The zero-order valence-electron chi connectivity index (χ0n) is 8.69. The van der Waals surface area contributed by atoms with Gasteiger partial charge in [-0.25, -0.2) is 4.79 Å². The highest BCUT2D eigenvalue weighted by molar-refractivity contribution is 5.91. The molecule has 1 aromatic rings. The summed E-state index contributed by atoms with van der Waals surface area (Å²) in [5, 5.41) is 11.1. The highest BCUT2D eigenvalue weighted by Crippen LogP contribution is 2.28. The van der Waals surface area contributed by atoms with Crippen LogP contribution in [-0.4, -0.2) is 24.2 Å². The Morgan fingerprint density at radius 3 is 2.69 bits per heavy atom. The molecule has 0 bridgehead atoms. The first-order valence-corrected chi connectivity index (χ1v) is 4.48. The van der Waals surface area contributed by atoms with Crippen molar-refractivity contribution in [1.82, 2.24) is 0 Å². The lowest BCUT2D eigenvalue weighted by atomic mass is 10.1. The number of nitrogens with two attached hydrogens (primary N) is 1. The summed E-state index contributed by atoms with van der Waals surface area (Å²) < 4.78 is 5.01. The number of primary amides is 1. The number of aliphatic carboxylic acids is 1. The number of hydrogen-bond donors (Lipinski definition) is 3. The van der Waals surface area contributed by atoms with Crippen molar-refractivity contribution in [2.24, 2.45) is 5.73 Å². The van der Waals surface area contributed by atoms with Gasteiger partial charge in [-0.05, 0) is 11.6 Å². The van der Waals surface area contributed by atoms with Gasteiger partial charge in [0.2, 0.25) is 0 Å². The van der Waals surface area contributed by atoms with Crippen molar-refractivity contribution in [3.63, 3.8) is 0 Å². The zero-order valence-corrected chi connectivity index (χ0v) is 8.69. The van der Waals surface area contributed by atoms with Gasteiger partial charge in [-0.2, -0.15) is 0 Å². The van der Waals surface area contributed by atoms with Crippen molar-refractivity contribution in [1.29, 1.82) is 0 Å². The molecule has 4 N–H and O–H groups in total. The van der Waals surface area contributed by atoms with Gasteiger partial charge < -0.3 is 20.9 Å². The van der Waals surface area contributed by atoms with Gasteiger partial charge in [-0.15, -0.1) is 0 Å². The fourth-order valence-electron chi connectivity index (χ4n) is 1.32. The van der Waals surface area contributed by atoms with Gasteiger partial charge in [0, 0.05) is 0 Å². The number of carboxylic acids is 1. The molecule has 0 radical (unpaired) electrons. The van der Waals surface area contributed by atoms with E-state index in [4.69, 9.17) is 15.6 Å². The summed E-state index contributed by atoms with van der Waals surface area (Å²) in [6.07, 6.45) is -0.215. The molecule has 0 saturated heterocycles. The number of carboxylic acid groups (broad SMARTS) is 1. The highest BCUT2D eigenvalue weighted by atomic mass is 16.5. The predicted molar refractivity (Wildman–Crippen MR) is 57.5 cm³/mol. The Bertz CT molecular complexity index is 417. The summed E-state index contributed by atoms with van der Waals surface area (Å²) in [6.45, 7) is 0. The van der Waals surface area contributed by atoms with Crippen LogP contribution in [0, 0.1) is 0 Å². The quantitative estimate of drug-likeness (QED) is 0.704. The minimum absolute atomic E-state index is 0.215. The average molecular weight is 224 g/mol. The minimum atomic E-state index is -0.999. The van der Waals surface area contributed by atoms with Gasteiger partial charge in [0.15, 0.2) is 0 Å². The number of rotatable bonds is 4. The SMILES string of the molecule is COc1cccc(CC(=O)O)c1NC(N)=O. The number of carbonyl (C=O) groups excluding carboxylic acids is 1. The topological polar surface area (TPSA) is 102 Å². The summed E-state index contributed by atoms with van der Waals surface area (Å²) in [6, 6.07) is 4.07. The average Bonchev–Trinajstić information content (AvgIpc) is 2.19. The molecule has 0 aliphatic heterocycles. The van der Waals surface area contributed by atoms with Crippen molar-refractivity contribution in [2.75, 3.05) is 12.4 Å². The smallest absolute Gasteiger partial charge is 0.316 e. The lowest BCUT2D eigenvalue weighted by Crippen LogP contribution is -2.21. The van der Waals surface area contributed by atoms with E-state index in [9.17, 15) is 9.59 Å². The molecule has 1 aromatic carbocycles. The van der Waals surface area contributed by atoms with E-state index in [0.29, 0.717) is 17.0 Å². The Hall–Kier alpha value is -2.24. The van der Waals surface area contributed by atoms with Gasteiger partial charge in [0.05, 0.1) is 19.2 Å². The van der Waals surface area contributed by atoms with Crippen LogP contribution in [0.3, 0.4) is 0 Å². The molecule has 0 saturated carbocycles. The predicted octanol–water partition coefficient (Wildman–Crippen LogP) is 0.813. The normalized spacial score (nSPS) is 9.56. The van der Waals surface area contributed by atoms with Crippen LogP contribution in [0.15, 0.2) is 18.2 Å². The fourth-order valence-corrected chi connectivity index (χ4v) is 1.32. The van der Waals surface area contributed by atoms with Crippen LogP contribution in [0.2, 0.25) is 0 Å². The number of hydrogen-bond acceptors (Lipinski definition) is 3. The molecule has 0 heterocycles. The second kappa shape index (κ2) is 5.01. The maximum atomic E-state index is 10.8. The van der Waals surface area contributed by atoms with Crippen LogP contribution >= 0.6 is 0 Å². The van der Waals surface area contributed by atoms with Gasteiger partial charge in [-0.3, -0.25) is 4.79 Å². The highest BCUT2D eigenvalue weighted by Gasteiger charge is 2.12. The molecule has 0 aliphatic carbocycles. The molecule has 86 valence electrons. The van der Waals surface area contributed by atoms with Crippen molar-refractivity contribution in [2.45, 2.75) is 6.42 Å². The van der Waals surface area contributed by atoms with Gasteiger partial charge in [-0.1, -0.05) is 12.1 Å². The molecule has 0 aliphatic rings. The number of amides is 2. The van der Waals surface area contributed by atoms with E-state index in [-0.39, 0.29) is 6.42 Å². The van der Waals surface area contributed by atoms with Crippen LogP contribution in [0.4, 0.5) is 10.5 Å². The number of anilines is 1. The molecule has 16 heavy (non-hydrogen) atoms. The molecule has 0 aromatic heterocycles. The third-order valence-electron chi connectivity index (χ3n) is 1.92. The Morgan fingerprint density at radius 1 is 1.50 bits per heavy atom. The first kappa shape index (κ1) is 11.8. The summed E-state index contributed by atoms with van der Waals surface area (Å²) in [4.78, 5) is 21.4. The molecule has 0 fully saturated rings. The van der Waals surface area contributed by atoms with Crippen LogP contribution in [0.25, 0.3) is 0 Å². The molecule has 0 unspecified atom stereocenters. The third-order valence-corrected chi connectivity index (χ3v) is 1.92. The standard InChI is InChI=1S/C10H12N2O4/c1-16-7-4-2-3-6(5-8(13)14)9(7)12-10(11)15/h2-4H,5H2,1H3,(H,13,14)(H3,11,12,15). The summed E-state index contributed by atoms with van der Waals surface area (Å²) in [5.41, 5.74) is 5.72. The molecule has 0 atom stereocenters. The Kier molecular flexibility index (Phi) is 3.71.